The van der Waals surface area contributed by atoms with Crippen LogP contribution in [0.3, 0.4) is 0 Å². The van der Waals surface area contributed by atoms with Crippen molar-refractivity contribution in [1.29, 1.82) is 0 Å². The molecule has 2 aromatic carbocycles. The minimum Gasteiger partial charge on any atom is -0.494 e. The lowest BCUT2D eigenvalue weighted by Gasteiger charge is -2.34. The summed E-state index contributed by atoms with van der Waals surface area (Å²) in [6.07, 6.45) is 3.61. The summed E-state index contributed by atoms with van der Waals surface area (Å²) in [6.45, 7) is 0.859. The van der Waals surface area contributed by atoms with E-state index < -0.39 is 18.1 Å². The molecule has 7 heteroatoms. The highest BCUT2D eigenvalue weighted by Crippen LogP contribution is 2.36. The van der Waals surface area contributed by atoms with Crippen LogP contribution in [0.2, 0.25) is 0 Å². The SMILES string of the molecule is O=C(O)N1CCC(c2ccc(OCCCC3(c4ccccc4)OC=CO3)cc2)CC1O. The quantitative estimate of drug-likeness (QED) is 0.640. The van der Waals surface area contributed by atoms with Gasteiger partial charge in [-0.2, -0.15) is 0 Å². The normalized spacial score (nSPS) is 21.9. The van der Waals surface area contributed by atoms with E-state index in [1.807, 2.05) is 54.6 Å². The Morgan fingerprint density at radius 3 is 2.45 bits per heavy atom. The zero-order valence-corrected chi connectivity index (χ0v) is 17.2. The van der Waals surface area contributed by atoms with E-state index in [1.54, 1.807) is 12.5 Å². The van der Waals surface area contributed by atoms with Gasteiger partial charge in [0.1, 0.15) is 24.5 Å². The van der Waals surface area contributed by atoms with Gasteiger partial charge < -0.3 is 24.4 Å². The third kappa shape index (κ3) is 4.77. The van der Waals surface area contributed by atoms with Crippen molar-refractivity contribution in [2.24, 2.45) is 0 Å². The summed E-state index contributed by atoms with van der Waals surface area (Å²) in [5, 5.41) is 19.1. The number of carbonyl (C=O) groups is 1. The molecular weight excluding hydrogens is 398 g/mol. The summed E-state index contributed by atoms with van der Waals surface area (Å²) >= 11 is 0. The number of hydrogen-bond acceptors (Lipinski definition) is 5. The molecule has 0 spiro atoms. The summed E-state index contributed by atoms with van der Waals surface area (Å²) in [4.78, 5) is 12.2. The Kier molecular flexibility index (Phi) is 6.32. The Balaban J connectivity index is 1.27. The van der Waals surface area contributed by atoms with Gasteiger partial charge in [-0.3, -0.25) is 4.90 Å². The summed E-state index contributed by atoms with van der Waals surface area (Å²) in [6, 6.07) is 17.7. The first kappa shape index (κ1) is 21.1. The fourth-order valence-electron chi connectivity index (χ4n) is 4.19. The van der Waals surface area contributed by atoms with Gasteiger partial charge in [-0.25, -0.2) is 4.79 Å². The molecule has 2 aliphatic heterocycles. The number of nitrogens with zero attached hydrogens (tertiary/aromatic N) is 1. The molecule has 0 bridgehead atoms. The van der Waals surface area contributed by atoms with E-state index in [-0.39, 0.29) is 5.92 Å². The number of hydrogen-bond donors (Lipinski definition) is 2. The molecule has 2 aliphatic rings. The Morgan fingerprint density at radius 2 is 1.81 bits per heavy atom. The predicted molar refractivity (Wildman–Crippen MR) is 113 cm³/mol. The summed E-state index contributed by atoms with van der Waals surface area (Å²) in [5.41, 5.74) is 2.05. The molecule has 2 heterocycles. The first-order chi connectivity index (χ1) is 15.1. The van der Waals surface area contributed by atoms with E-state index in [0.29, 0.717) is 32.4 Å². The molecule has 2 atom stereocenters. The second-order valence-electron chi connectivity index (χ2n) is 7.83. The lowest BCUT2D eigenvalue weighted by Crippen LogP contribution is -2.44. The molecule has 0 aliphatic carbocycles. The van der Waals surface area contributed by atoms with Gasteiger partial charge in [0, 0.05) is 18.5 Å². The molecule has 1 fully saturated rings. The number of likely N-dealkylation sites (tertiary alicyclic amines) is 1. The molecule has 2 unspecified atom stereocenters. The first-order valence-corrected chi connectivity index (χ1v) is 10.5. The highest BCUT2D eigenvalue weighted by Gasteiger charge is 2.37. The van der Waals surface area contributed by atoms with Crippen molar-refractivity contribution in [3.63, 3.8) is 0 Å². The van der Waals surface area contributed by atoms with Gasteiger partial charge in [0.05, 0.1) is 6.61 Å². The van der Waals surface area contributed by atoms with Crippen LogP contribution in [0.4, 0.5) is 4.79 Å². The Hall–Kier alpha value is -3.19. The molecule has 4 rings (SSSR count). The van der Waals surface area contributed by atoms with E-state index in [4.69, 9.17) is 19.3 Å². The number of ether oxygens (including phenoxy) is 3. The monoisotopic (exact) mass is 425 g/mol. The number of rotatable bonds is 7. The van der Waals surface area contributed by atoms with Crippen LogP contribution in [0.15, 0.2) is 67.1 Å². The van der Waals surface area contributed by atoms with E-state index in [1.165, 1.54) is 0 Å². The van der Waals surface area contributed by atoms with Gasteiger partial charge in [-0.15, -0.1) is 0 Å². The van der Waals surface area contributed by atoms with E-state index >= 15 is 0 Å². The van der Waals surface area contributed by atoms with Crippen molar-refractivity contribution >= 4 is 6.09 Å². The molecule has 2 N–H and O–H groups in total. The van der Waals surface area contributed by atoms with E-state index in [0.717, 1.165) is 28.2 Å². The third-order valence-electron chi connectivity index (χ3n) is 5.88. The van der Waals surface area contributed by atoms with Crippen LogP contribution >= 0.6 is 0 Å². The number of carboxylic acid groups (broad SMARTS) is 1. The Morgan fingerprint density at radius 1 is 1.10 bits per heavy atom. The van der Waals surface area contributed by atoms with Crippen molar-refractivity contribution in [3.8, 4) is 5.75 Å². The van der Waals surface area contributed by atoms with Gasteiger partial charge in [-0.1, -0.05) is 42.5 Å². The third-order valence-corrected chi connectivity index (χ3v) is 5.88. The zero-order valence-electron chi connectivity index (χ0n) is 17.2. The topological polar surface area (TPSA) is 88.5 Å². The van der Waals surface area contributed by atoms with Crippen LogP contribution in [0.5, 0.6) is 5.75 Å². The van der Waals surface area contributed by atoms with Crippen LogP contribution < -0.4 is 4.74 Å². The molecule has 1 amide bonds. The van der Waals surface area contributed by atoms with Crippen LogP contribution in [-0.4, -0.2) is 40.6 Å². The highest BCUT2D eigenvalue weighted by atomic mass is 16.7. The van der Waals surface area contributed by atoms with Gasteiger partial charge in [0.25, 0.3) is 5.79 Å². The lowest BCUT2D eigenvalue weighted by molar-refractivity contribution is -0.157. The number of piperidine rings is 1. The Bertz CT molecular complexity index is 890. The standard InChI is InChI=1S/C24H27NO6/c26-22-17-19(11-13-25(22)23(27)28)18-7-9-21(10-8-18)29-14-4-12-24(30-15-16-31-24)20-5-2-1-3-6-20/h1-3,5-10,15-16,19,22,26H,4,11-14,17H2,(H,27,28). The Labute approximate surface area is 181 Å². The summed E-state index contributed by atoms with van der Waals surface area (Å²) in [7, 11) is 0. The largest absolute Gasteiger partial charge is 0.494 e. The summed E-state index contributed by atoms with van der Waals surface area (Å²) < 4.78 is 17.4. The van der Waals surface area contributed by atoms with E-state index in [2.05, 4.69) is 0 Å². The van der Waals surface area contributed by atoms with Gasteiger partial charge in [0.2, 0.25) is 0 Å². The molecule has 31 heavy (non-hydrogen) atoms. The maximum absolute atomic E-state index is 11.1. The van der Waals surface area contributed by atoms with Crippen molar-refractivity contribution < 1.29 is 29.2 Å². The average Bonchev–Trinajstić information content (AvgIpc) is 3.28. The van der Waals surface area contributed by atoms with Crippen molar-refractivity contribution in [1.82, 2.24) is 4.90 Å². The van der Waals surface area contributed by atoms with Gasteiger partial charge in [0.15, 0.2) is 0 Å². The minimum atomic E-state index is -1.08. The van der Waals surface area contributed by atoms with Crippen molar-refractivity contribution in [2.75, 3.05) is 13.2 Å². The fourth-order valence-corrected chi connectivity index (χ4v) is 4.19. The van der Waals surface area contributed by atoms with E-state index in [9.17, 15) is 9.90 Å². The van der Waals surface area contributed by atoms with Crippen LogP contribution in [0.1, 0.15) is 42.7 Å². The highest BCUT2D eigenvalue weighted by molar-refractivity contribution is 5.65. The molecule has 164 valence electrons. The van der Waals surface area contributed by atoms with Gasteiger partial charge in [-0.05, 0) is 42.9 Å². The van der Waals surface area contributed by atoms with Crippen molar-refractivity contribution in [2.45, 2.75) is 43.6 Å². The van der Waals surface area contributed by atoms with Crippen LogP contribution in [-0.2, 0) is 15.3 Å². The molecule has 2 aromatic rings. The second-order valence-corrected chi connectivity index (χ2v) is 7.83. The molecule has 0 aromatic heterocycles. The zero-order chi connectivity index (χ0) is 21.7. The maximum atomic E-state index is 11.1. The molecule has 0 saturated carbocycles. The lowest BCUT2D eigenvalue weighted by atomic mass is 9.88. The van der Waals surface area contributed by atoms with Crippen molar-refractivity contribution in [3.05, 3.63) is 78.2 Å². The maximum Gasteiger partial charge on any atom is 0.409 e. The summed E-state index contributed by atoms with van der Waals surface area (Å²) in [5.74, 6) is 0.113. The number of benzene rings is 2. The van der Waals surface area contributed by atoms with Crippen LogP contribution in [0.25, 0.3) is 0 Å². The second kappa shape index (κ2) is 9.31. The fraction of sp³-hybridized carbons (Fsp3) is 0.375. The van der Waals surface area contributed by atoms with Gasteiger partial charge >= 0.3 is 6.09 Å². The predicted octanol–water partition coefficient (Wildman–Crippen LogP) is 4.39. The molecule has 0 radical (unpaired) electrons. The minimum absolute atomic E-state index is 0.134. The number of aliphatic hydroxyl groups is 1. The number of aliphatic hydroxyl groups excluding tert-OH is 1. The number of amides is 1. The average molecular weight is 425 g/mol. The van der Waals surface area contributed by atoms with Crippen LogP contribution in [0, 0.1) is 0 Å². The molecular formula is C24H27NO6. The smallest absolute Gasteiger partial charge is 0.409 e. The molecule has 7 nitrogen and oxygen atoms in total. The molecule has 1 saturated heterocycles. The first-order valence-electron chi connectivity index (χ1n) is 10.5.